The van der Waals surface area contributed by atoms with Gasteiger partial charge in [-0.25, -0.2) is 4.98 Å². The first kappa shape index (κ1) is 12.1. The lowest BCUT2D eigenvalue weighted by atomic mass is 10.2. The van der Waals surface area contributed by atoms with E-state index in [1.54, 1.807) is 11.3 Å². The van der Waals surface area contributed by atoms with E-state index in [0.717, 1.165) is 18.4 Å². The number of aromatic nitrogens is 1. The van der Waals surface area contributed by atoms with Gasteiger partial charge in [0.05, 0.1) is 11.2 Å². The summed E-state index contributed by atoms with van der Waals surface area (Å²) in [6.45, 7) is 6.48. The molecule has 0 amide bonds. The van der Waals surface area contributed by atoms with Gasteiger partial charge in [-0.15, -0.1) is 11.3 Å². The van der Waals surface area contributed by atoms with E-state index >= 15 is 0 Å². The fourth-order valence-corrected chi connectivity index (χ4v) is 2.43. The van der Waals surface area contributed by atoms with Crippen molar-refractivity contribution in [2.45, 2.75) is 20.4 Å². The number of thiazole rings is 1. The van der Waals surface area contributed by atoms with Gasteiger partial charge in [0.25, 0.3) is 0 Å². The molecule has 0 aliphatic carbocycles. The molecule has 1 atom stereocenters. The number of rotatable bonds is 5. The molecule has 1 unspecified atom stereocenters. The Labute approximate surface area is 98.5 Å². The number of hydrogen-bond donors (Lipinski definition) is 0. The van der Waals surface area contributed by atoms with E-state index < -0.39 is 0 Å². The molecule has 0 aliphatic rings. The number of halogens is 1. The molecule has 0 fully saturated rings. The largest absolute Gasteiger partial charge is 0.301 e. The lowest BCUT2D eigenvalue weighted by Crippen LogP contribution is -2.24. The molecule has 14 heavy (non-hydrogen) atoms. The maximum atomic E-state index is 4.25. The SMILES string of the molecule is Cc1ncsc1CN(C)CC(C)CBr. The van der Waals surface area contributed by atoms with Crippen LogP contribution in [0.1, 0.15) is 17.5 Å². The van der Waals surface area contributed by atoms with Crippen molar-refractivity contribution in [3.05, 3.63) is 16.1 Å². The number of nitrogens with zero attached hydrogens (tertiary/aromatic N) is 2. The van der Waals surface area contributed by atoms with Gasteiger partial charge in [-0.05, 0) is 19.9 Å². The number of alkyl halides is 1. The van der Waals surface area contributed by atoms with Crippen LogP contribution in [-0.2, 0) is 6.54 Å². The number of aryl methyl sites for hydroxylation is 1. The maximum absolute atomic E-state index is 4.25. The first-order valence-electron chi connectivity index (χ1n) is 4.77. The summed E-state index contributed by atoms with van der Waals surface area (Å²) in [6.07, 6.45) is 0. The first-order chi connectivity index (χ1) is 6.63. The highest BCUT2D eigenvalue weighted by atomic mass is 79.9. The first-order valence-corrected chi connectivity index (χ1v) is 6.77. The third-order valence-corrected chi connectivity index (χ3v) is 4.17. The third-order valence-electron chi connectivity index (χ3n) is 2.15. The Morgan fingerprint density at radius 1 is 1.64 bits per heavy atom. The van der Waals surface area contributed by atoms with Crippen LogP contribution in [0.15, 0.2) is 5.51 Å². The fourth-order valence-electron chi connectivity index (χ4n) is 1.37. The van der Waals surface area contributed by atoms with Crippen molar-refractivity contribution >= 4 is 27.3 Å². The van der Waals surface area contributed by atoms with Gasteiger partial charge in [0.2, 0.25) is 0 Å². The van der Waals surface area contributed by atoms with Crippen LogP contribution in [0.4, 0.5) is 0 Å². The van der Waals surface area contributed by atoms with Crippen LogP contribution in [0.3, 0.4) is 0 Å². The van der Waals surface area contributed by atoms with Gasteiger partial charge in [0, 0.05) is 23.3 Å². The Bertz CT molecular complexity index is 275. The van der Waals surface area contributed by atoms with Gasteiger partial charge in [-0.3, -0.25) is 0 Å². The van der Waals surface area contributed by atoms with Crippen molar-refractivity contribution in [3.8, 4) is 0 Å². The van der Waals surface area contributed by atoms with Gasteiger partial charge in [-0.1, -0.05) is 22.9 Å². The normalized spacial score (nSPS) is 13.5. The summed E-state index contributed by atoms with van der Waals surface area (Å²) in [5, 5.41) is 1.07. The van der Waals surface area contributed by atoms with Gasteiger partial charge < -0.3 is 4.90 Å². The van der Waals surface area contributed by atoms with E-state index in [2.05, 4.69) is 46.7 Å². The molecule has 0 aliphatic heterocycles. The molecule has 80 valence electrons. The second-order valence-electron chi connectivity index (χ2n) is 3.82. The molecule has 0 saturated heterocycles. The van der Waals surface area contributed by atoms with Crippen LogP contribution in [0.2, 0.25) is 0 Å². The zero-order valence-electron chi connectivity index (χ0n) is 8.96. The fraction of sp³-hybridized carbons (Fsp3) is 0.700. The molecule has 0 N–H and O–H groups in total. The topological polar surface area (TPSA) is 16.1 Å². The lowest BCUT2D eigenvalue weighted by Gasteiger charge is -2.19. The van der Waals surface area contributed by atoms with Gasteiger partial charge in [-0.2, -0.15) is 0 Å². The summed E-state index contributed by atoms with van der Waals surface area (Å²) in [6, 6.07) is 0. The Balaban J connectivity index is 2.41. The standard InChI is InChI=1S/C10H17BrN2S/c1-8(4-11)5-13(3)6-10-9(2)12-7-14-10/h7-8H,4-6H2,1-3H3. The molecule has 1 rings (SSSR count). The minimum absolute atomic E-state index is 0.702. The smallest absolute Gasteiger partial charge is 0.0798 e. The number of hydrogen-bond acceptors (Lipinski definition) is 3. The van der Waals surface area contributed by atoms with E-state index in [1.165, 1.54) is 10.6 Å². The Kier molecular flexibility index (Phi) is 5.06. The third kappa shape index (κ3) is 3.67. The Hall–Kier alpha value is 0.0700. The van der Waals surface area contributed by atoms with E-state index in [0.29, 0.717) is 5.92 Å². The van der Waals surface area contributed by atoms with Crippen molar-refractivity contribution in [3.63, 3.8) is 0 Å². The molecule has 2 nitrogen and oxygen atoms in total. The molecule has 0 spiro atoms. The minimum atomic E-state index is 0.702. The monoisotopic (exact) mass is 276 g/mol. The van der Waals surface area contributed by atoms with Crippen molar-refractivity contribution < 1.29 is 0 Å². The van der Waals surface area contributed by atoms with Crippen molar-refractivity contribution in [2.24, 2.45) is 5.92 Å². The minimum Gasteiger partial charge on any atom is -0.301 e. The van der Waals surface area contributed by atoms with E-state index in [4.69, 9.17) is 0 Å². The predicted molar refractivity (Wildman–Crippen MR) is 66.1 cm³/mol. The molecule has 0 bridgehead atoms. The summed E-state index contributed by atoms with van der Waals surface area (Å²) in [4.78, 5) is 7.99. The Morgan fingerprint density at radius 2 is 2.36 bits per heavy atom. The highest BCUT2D eigenvalue weighted by Gasteiger charge is 2.08. The van der Waals surface area contributed by atoms with Crippen LogP contribution in [0.25, 0.3) is 0 Å². The molecule has 1 aromatic heterocycles. The second-order valence-corrected chi connectivity index (χ2v) is 5.40. The highest BCUT2D eigenvalue weighted by molar-refractivity contribution is 9.09. The molecule has 0 radical (unpaired) electrons. The molecule has 0 saturated carbocycles. The Morgan fingerprint density at radius 3 is 2.86 bits per heavy atom. The van der Waals surface area contributed by atoms with Crippen LogP contribution in [0.5, 0.6) is 0 Å². The summed E-state index contributed by atoms with van der Waals surface area (Å²) in [5.74, 6) is 0.702. The molecule has 0 aromatic carbocycles. The zero-order valence-corrected chi connectivity index (χ0v) is 11.4. The molecular weight excluding hydrogens is 260 g/mol. The average Bonchev–Trinajstić information content (AvgIpc) is 2.51. The molecule has 1 aromatic rings. The van der Waals surface area contributed by atoms with Crippen LogP contribution in [0, 0.1) is 12.8 Å². The second kappa shape index (κ2) is 5.83. The zero-order chi connectivity index (χ0) is 10.6. The molecular formula is C10H17BrN2S. The summed E-state index contributed by atoms with van der Waals surface area (Å²) >= 11 is 5.25. The quantitative estimate of drug-likeness (QED) is 0.769. The molecule has 1 heterocycles. The average molecular weight is 277 g/mol. The summed E-state index contributed by atoms with van der Waals surface area (Å²) in [5.41, 5.74) is 3.10. The van der Waals surface area contributed by atoms with E-state index in [9.17, 15) is 0 Å². The lowest BCUT2D eigenvalue weighted by molar-refractivity contribution is 0.293. The summed E-state index contributed by atoms with van der Waals surface area (Å²) < 4.78 is 0. The van der Waals surface area contributed by atoms with E-state index in [-0.39, 0.29) is 0 Å². The van der Waals surface area contributed by atoms with Crippen molar-refractivity contribution in [1.29, 1.82) is 0 Å². The maximum Gasteiger partial charge on any atom is 0.0798 e. The molecule has 4 heteroatoms. The highest BCUT2D eigenvalue weighted by Crippen LogP contribution is 2.15. The van der Waals surface area contributed by atoms with Crippen molar-refractivity contribution in [1.82, 2.24) is 9.88 Å². The van der Waals surface area contributed by atoms with Crippen molar-refractivity contribution in [2.75, 3.05) is 18.9 Å². The van der Waals surface area contributed by atoms with Crippen LogP contribution >= 0.6 is 27.3 Å². The van der Waals surface area contributed by atoms with Crippen LogP contribution in [-0.4, -0.2) is 28.8 Å². The van der Waals surface area contributed by atoms with Gasteiger partial charge in [0.1, 0.15) is 0 Å². The van der Waals surface area contributed by atoms with Crippen LogP contribution < -0.4 is 0 Å². The van der Waals surface area contributed by atoms with Gasteiger partial charge in [0.15, 0.2) is 0 Å². The van der Waals surface area contributed by atoms with E-state index in [1.807, 2.05) is 5.51 Å². The van der Waals surface area contributed by atoms with Gasteiger partial charge >= 0.3 is 0 Å². The summed E-state index contributed by atoms with van der Waals surface area (Å²) in [7, 11) is 2.16. The predicted octanol–water partition coefficient (Wildman–Crippen LogP) is 2.91.